The largest absolute Gasteiger partial charge is 0.433 e. The van der Waals surface area contributed by atoms with E-state index >= 15 is 0 Å². The smallest absolute Gasteiger partial charge is 0.374 e. The van der Waals surface area contributed by atoms with Crippen LogP contribution in [-0.4, -0.2) is 31.1 Å². The molecule has 0 amide bonds. The molecule has 0 spiro atoms. The van der Waals surface area contributed by atoms with Crippen molar-refractivity contribution in [3.8, 4) is 17.1 Å². The number of alkyl halides is 3. The van der Waals surface area contributed by atoms with Gasteiger partial charge in [-0.05, 0) is 48.7 Å². The SMILES string of the molecule is OC(CCc1ccccc1)Nc1ccc(-n2nc(-c3cccnc3)cc2C(F)(F)F)nc1. The van der Waals surface area contributed by atoms with Crippen LogP contribution in [0.2, 0.25) is 0 Å². The van der Waals surface area contributed by atoms with Gasteiger partial charge in [-0.2, -0.15) is 18.3 Å². The van der Waals surface area contributed by atoms with Crippen LogP contribution in [0.25, 0.3) is 17.1 Å². The predicted octanol–water partition coefficient (Wildman–Crippen LogP) is 4.71. The summed E-state index contributed by atoms with van der Waals surface area (Å²) >= 11 is 0. The van der Waals surface area contributed by atoms with Gasteiger partial charge in [0.05, 0.1) is 17.6 Å². The lowest BCUT2D eigenvalue weighted by atomic mass is 10.1. The van der Waals surface area contributed by atoms with Gasteiger partial charge in [0, 0.05) is 18.0 Å². The Morgan fingerprint density at radius 1 is 1.00 bits per heavy atom. The molecule has 0 radical (unpaired) electrons. The number of hydrogen-bond donors (Lipinski definition) is 2. The monoisotopic (exact) mass is 439 g/mol. The molecule has 3 heterocycles. The standard InChI is InChI=1S/C23H20F3N5O/c24-23(25,26)20-13-19(17-7-4-12-27-14-17)30-31(20)21-10-9-18(15-28-21)29-22(32)11-8-16-5-2-1-3-6-16/h1-7,9-10,12-15,22,29,32H,8,11H2. The summed E-state index contributed by atoms with van der Waals surface area (Å²) in [6.45, 7) is 0. The molecule has 1 unspecified atom stereocenters. The molecule has 0 fully saturated rings. The van der Waals surface area contributed by atoms with Crippen molar-refractivity contribution < 1.29 is 18.3 Å². The Kier molecular flexibility index (Phi) is 6.18. The minimum Gasteiger partial charge on any atom is -0.374 e. The van der Waals surface area contributed by atoms with Crippen molar-refractivity contribution in [1.29, 1.82) is 0 Å². The number of pyridine rings is 2. The van der Waals surface area contributed by atoms with E-state index in [1.54, 1.807) is 18.2 Å². The highest BCUT2D eigenvalue weighted by molar-refractivity contribution is 5.59. The van der Waals surface area contributed by atoms with E-state index in [1.165, 1.54) is 24.7 Å². The maximum Gasteiger partial charge on any atom is 0.433 e. The lowest BCUT2D eigenvalue weighted by molar-refractivity contribution is -0.142. The Morgan fingerprint density at radius 3 is 2.47 bits per heavy atom. The highest BCUT2D eigenvalue weighted by Crippen LogP contribution is 2.33. The first-order chi connectivity index (χ1) is 15.4. The molecule has 0 saturated carbocycles. The molecule has 0 aliphatic carbocycles. The van der Waals surface area contributed by atoms with Crippen LogP contribution in [0.1, 0.15) is 17.7 Å². The number of aryl methyl sites for hydroxylation is 1. The van der Waals surface area contributed by atoms with Gasteiger partial charge >= 0.3 is 6.18 Å². The van der Waals surface area contributed by atoms with Crippen molar-refractivity contribution in [2.75, 3.05) is 5.32 Å². The molecule has 0 saturated heterocycles. The molecule has 4 rings (SSSR count). The highest BCUT2D eigenvalue weighted by atomic mass is 19.4. The van der Waals surface area contributed by atoms with E-state index in [0.717, 1.165) is 16.3 Å². The van der Waals surface area contributed by atoms with Crippen LogP contribution in [0.5, 0.6) is 0 Å². The maximum absolute atomic E-state index is 13.6. The van der Waals surface area contributed by atoms with Crippen molar-refractivity contribution in [3.63, 3.8) is 0 Å². The van der Waals surface area contributed by atoms with Crippen molar-refractivity contribution in [3.05, 3.63) is 90.5 Å². The number of rotatable bonds is 7. The van der Waals surface area contributed by atoms with Gasteiger partial charge in [0.15, 0.2) is 11.5 Å². The fourth-order valence-electron chi connectivity index (χ4n) is 3.22. The summed E-state index contributed by atoms with van der Waals surface area (Å²) in [5, 5.41) is 17.2. The third-order valence-electron chi connectivity index (χ3n) is 4.80. The molecule has 0 aliphatic heterocycles. The van der Waals surface area contributed by atoms with Crippen molar-refractivity contribution in [2.45, 2.75) is 25.2 Å². The van der Waals surface area contributed by atoms with E-state index in [1.807, 2.05) is 30.3 Å². The number of halogens is 3. The number of aliphatic hydroxyl groups excluding tert-OH is 1. The Bertz CT molecular complexity index is 1150. The lowest BCUT2D eigenvalue weighted by Gasteiger charge is -2.15. The van der Waals surface area contributed by atoms with E-state index in [2.05, 4.69) is 20.4 Å². The third-order valence-corrected chi connectivity index (χ3v) is 4.80. The number of aliphatic hydroxyl groups is 1. The number of aromatic nitrogens is 4. The molecule has 9 heteroatoms. The molecule has 6 nitrogen and oxygen atoms in total. The molecule has 3 aromatic heterocycles. The molecule has 0 bridgehead atoms. The topological polar surface area (TPSA) is 75.9 Å². The maximum atomic E-state index is 13.6. The van der Waals surface area contributed by atoms with Crippen molar-refractivity contribution in [1.82, 2.24) is 19.7 Å². The van der Waals surface area contributed by atoms with E-state index in [4.69, 9.17) is 0 Å². The molecule has 164 valence electrons. The zero-order valence-electron chi connectivity index (χ0n) is 16.9. The van der Waals surface area contributed by atoms with E-state index in [-0.39, 0.29) is 11.5 Å². The number of nitrogens with zero attached hydrogens (tertiary/aromatic N) is 4. The molecule has 0 aliphatic rings. The number of benzene rings is 1. The second-order valence-electron chi connectivity index (χ2n) is 7.16. The van der Waals surface area contributed by atoms with Crippen LogP contribution in [0.15, 0.2) is 79.3 Å². The zero-order valence-corrected chi connectivity index (χ0v) is 16.9. The summed E-state index contributed by atoms with van der Waals surface area (Å²) in [6.07, 6.45) is 0.0659. The van der Waals surface area contributed by atoms with Gasteiger partial charge in [-0.25, -0.2) is 9.67 Å². The summed E-state index contributed by atoms with van der Waals surface area (Å²) in [5.41, 5.74) is 1.27. The van der Waals surface area contributed by atoms with Crippen LogP contribution < -0.4 is 5.32 Å². The van der Waals surface area contributed by atoms with Crippen molar-refractivity contribution >= 4 is 5.69 Å². The Balaban J connectivity index is 1.50. The van der Waals surface area contributed by atoms with Crippen LogP contribution in [0.3, 0.4) is 0 Å². The summed E-state index contributed by atoms with van der Waals surface area (Å²) in [5.74, 6) is 0.0109. The predicted molar refractivity (Wildman–Crippen MR) is 114 cm³/mol. The number of nitrogens with one attached hydrogen (secondary N) is 1. The van der Waals surface area contributed by atoms with Gasteiger partial charge in [-0.15, -0.1) is 0 Å². The molecule has 4 aromatic rings. The minimum absolute atomic E-state index is 0.0109. The minimum atomic E-state index is -4.61. The van der Waals surface area contributed by atoms with Gasteiger partial charge in [-0.3, -0.25) is 4.98 Å². The van der Waals surface area contributed by atoms with E-state index < -0.39 is 18.1 Å². The van der Waals surface area contributed by atoms with E-state index in [0.29, 0.717) is 24.1 Å². The second-order valence-corrected chi connectivity index (χ2v) is 7.16. The van der Waals surface area contributed by atoms with Crippen LogP contribution >= 0.6 is 0 Å². The normalized spacial score (nSPS) is 12.5. The average molecular weight is 439 g/mol. The Labute approximate surface area is 182 Å². The second kappa shape index (κ2) is 9.19. The number of hydrogen-bond acceptors (Lipinski definition) is 5. The molecular formula is C23H20F3N5O. The van der Waals surface area contributed by atoms with Crippen LogP contribution in [-0.2, 0) is 12.6 Å². The van der Waals surface area contributed by atoms with Gasteiger partial charge in [0.1, 0.15) is 6.23 Å². The Hall–Kier alpha value is -3.72. The first-order valence-corrected chi connectivity index (χ1v) is 9.93. The molecule has 1 atom stereocenters. The van der Waals surface area contributed by atoms with Gasteiger partial charge in [-0.1, -0.05) is 30.3 Å². The van der Waals surface area contributed by atoms with Crippen LogP contribution in [0, 0.1) is 0 Å². The molecule has 2 N–H and O–H groups in total. The highest BCUT2D eigenvalue weighted by Gasteiger charge is 2.36. The molecule has 1 aromatic carbocycles. The summed E-state index contributed by atoms with van der Waals surface area (Å²) in [4.78, 5) is 8.04. The van der Waals surface area contributed by atoms with E-state index in [9.17, 15) is 18.3 Å². The first-order valence-electron chi connectivity index (χ1n) is 9.93. The molecular weight excluding hydrogens is 419 g/mol. The number of anilines is 1. The fourth-order valence-corrected chi connectivity index (χ4v) is 3.22. The van der Waals surface area contributed by atoms with Gasteiger partial charge in [0.2, 0.25) is 0 Å². The Morgan fingerprint density at radius 2 is 1.81 bits per heavy atom. The first kappa shape index (κ1) is 21.5. The average Bonchev–Trinajstić information content (AvgIpc) is 3.26. The summed E-state index contributed by atoms with van der Waals surface area (Å²) in [6, 6.07) is 17.0. The molecule has 32 heavy (non-hydrogen) atoms. The van der Waals surface area contributed by atoms with Crippen molar-refractivity contribution in [2.24, 2.45) is 0 Å². The third kappa shape index (κ3) is 5.12. The van der Waals surface area contributed by atoms with Gasteiger partial charge < -0.3 is 10.4 Å². The summed E-state index contributed by atoms with van der Waals surface area (Å²) < 4.78 is 41.5. The quantitative estimate of drug-likeness (QED) is 0.408. The zero-order chi connectivity index (χ0) is 22.6. The van der Waals surface area contributed by atoms with Crippen LogP contribution in [0.4, 0.5) is 18.9 Å². The summed E-state index contributed by atoms with van der Waals surface area (Å²) in [7, 11) is 0. The lowest BCUT2D eigenvalue weighted by Crippen LogP contribution is -2.19. The van der Waals surface area contributed by atoms with Gasteiger partial charge in [0.25, 0.3) is 0 Å². The fraction of sp³-hybridized carbons (Fsp3) is 0.174.